The molecule has 7 nitrogen and oxygen atoms in total. The van der Waals surface area contributed by atoms with Crippen molar-refractivity contribution in [3.05, 3.63) is 131 Å². The van der Waals surface area contributed by atoms with Gasteiger partial charge in [-0.3, -0.25) is 9.69 Å². The van der Waals surface area contributed by atoms with Gasteiger partial charge in [0.05, 0.1) is 25.1 Å². The Morgan fingerprint density at radius 2 is 1.49 bits per heavy atom. The Balaban J connectivity index is 1.53. The van der Waals surface area contributed by atoms with E-state index in [0.717, 1.165) is 33.7 Å². The van der Waals surface area contributed by atoms with Crippen LogP contribution in [0.3, 0.4) is 0 Å². The number of para-hydroxylation sites is 1. The van der Waals surface area contributed by atoms with Crippen molar-refractivity contribution in [1.82, 2.24) is 4.90 Å². The number of benzodiazepines with no additional fused rings is 1. The minimum Gasteiger partial charge on any atom is -0.497 e. The van der Waals surface area contributed by atoms with E-state index in [4.69, 9.17) is 14.5 Å². The summed E-state index contributed by atoms with van der Waals surface area (Å²) in [5.74, 6) is 0.401. The molecule has 0 saturated heterocycles. The fourth-order valence-electron chi connectivity index (χ4n) is 4.49. The van der Waals surface area contributed by atoms with Crippen molar-refractivity contribution in [2.45, 2.75) is 19.3 Å². The van der Waals surface area contributed by atoms with Gasteiger partial charge in [0, 0.05) is 18.2 Å². The van der Waals surface area contributed by atoms with Crippen LogP contribution >= 0.6 is 0 Å². The second kappa shape index (κ2) is 11.6. The molecule has 0 bridgehead atoms. The van der Waals surface area contributed by atoms with Gasteiger partial charge in [0.15, 0.2) is 0 Å². The largest absolute Gasteiger partial charge is 0.497 e. The van der Waals surface area contributed by atoms with Crippen LogP contribution in [-0.2, 0) is 22.7 Å². The van der Waals surface area contributed by atoms with Gasteiger partial charge in [-0.05, 0) is 29.3 Å². The van der Waals surface area contributed by atoms with Crippen LogP contribution in [0, 0.1) is 0 Å². The number of rotatable bonds is 7. The Kier molecular flexibility index (Phi) is 7.68. The predicted octanol–water partition coefficient (Wildman–Crippen LogP) is 5.67. The van der Waals surface area contributed by atoms with Gasteiger partial charge >= 0.3 is 6.09 Å². The Hall–Kier alpha value is -4.91. The van der Waals surface area contributed by atoms with Crippen LogP contribution in [0.2, 0.25) is 0 Å². The van der Waals surface area contributed by atoms with E-state index < -0.39 is 12.3 Å². The number of benzene rings is 4. The lowest BCUT2D eigenvalue weighted by Crippen LogP contribution is -2.48. The van der Waals surface area contributed by atoms with Gasteiger partial charge in [0.2, 0.25) is 6.17 Å². The fourth-order valence-corrected chi connectivity index (χ4v) is 4.49. The number of carbonyl (C=O) groups excluding carboxylic acids is 2. The Morgan fingerprint density at radius 3 is 2.18 bits per heavy atom. The number of aliphatic imine (C=N–C) groups is 1. The van der Waals surface area contributed by atoms with Crippen LogP contribution < -0.4 is 9.64 Å². The molecule has 0 spiro atoms. The molecule has 0 fully saturated rings. The van der Waals surface area contributed by atoms with Crippen molar-refractivity contribution in [3.63, 3.8) is 0 Å². The third-order valence-corrected chi connectivity index (χ3v) is 6.60. The normalized spacial score (nSPS) is 14.6. The average molecular weight is 520 g/mol. The zero-order valence-corrected chi connectivity index (χ0v) is 21.9. The quantitative estimate of drug-likeness (QED) is 0.315. The molecule has 1 atom stereocenters. The number of anilines is 1. The van der Waals surface area contributed by atoms with E-state index >= 15 is 0 Å². The standard InChI is InChI=1S/C32H29N3O4/c1-34(32(37)39-22-24-11-5-3-6-12-24)30-31(36)35(21-23-17-19-26(38-2)20-18-23)28-16-10-9-15-27(28)29(33-30)25-13-7-4-8-14-25/h3-20,30H,21-22H2,1-2H3. The van der Waals surface area contributed by atoms with Crippen molar-refractivity contribution in [3.8, 4) is 5.75 Å². The topological polar surface area (TPSA) is 71.4 Å². The Labute approximate surface area is 227 Å². The van der Waals surface area contributed by atoms with Gasteiger partial charge in [-0.15, -0.1) is 0 Å². The highest BCUT2D eigenvalue weighted by molar-refractivity contribution is 6.20. The third kappa shape index (κ3) is 5.67. The summed E-state index contributed by atoms with van der Waals surface area (Å²) in [5.41, 5.74) is 4.77. The first-order chi connectivity index (χ1) is 19.0. The number of fused-ring (bicyclic) bond motifs is 1. The van der Waals surface area contributed by atoms with Crippen LogP contribution in [0.5, 0.6) is 5.75 Å². The van der Waals surface area contributed by atoms with E-state index in [1.54, 1.807) is 19.1 Å². The van der Waals surface area contributed by atoms with Crippen LogP contribution in [0.15, 0.2) is 114 Å². The second-order valence-corrected chi connectivity index (χ2v) is 9.16. The molecule has 2 amide bonds. The zero-order chi connectivity index (χ0) is 27.2. The maximum absolute atomic E-state index is 14.2. The third-order valence-electron chi connectivity index (χ3n) is 6.60. The number of likely N-dealkylation sites (N-methyl/N-ethyl adjacent to an activating group) is 1. The predicted molar refractivity (Wildman–Crippen MR) is 151 cm³/mol. The van der Waals surface area contributed by atoms with Crippen LogP contribution in [0.1, 0.15) is 22.3 Å². The van der Waals surface area contributed by atoms with Gasteiger partial charge < -0.3 is 14.4 Å². The number of carbonyl (C=O) groups is 2. The maximum atomic E-state index is 14.2. The van der Waals surface area contributed by atoms with Crippen LogP contribution in [0.25, 0.3) is 0 Å². The first-order valence-electron chi connectivity index (χ1n) is 12.7. The van der Waals surface area contributed by atoms with Gasteiger partial charge in [-0.1, -0.05) is 91.0 Å². The first kappa shape index (κ1) is 25.7. The van der Waals surface area contributed by atoms with E-state index in [2.05, 4.69) is 0 Å². The SMILES string of the molecule is COc1ccc(CN2C(=O)C(N(C)C(=O)OCc3ccccc3)N=C(c3ccccc3)c3ccccc32)cc1. The van der Waals surface area contributed by atoms with E-state index in [9.17, 15) is 9.59 Å². The lowest BCUT2D eigenvalue weighted by molar-refractivity contribution is -0.122. The molecule has 1 aliphatic rings. The summed E-state index contributed by atoms with van der Waals surface area (Å²) in [6, 6.07) is 34.3. The number of hydrogen-bond donors (Lipinski definition) is 0. The molecule has 4 aromatic carbocycles. The lowest BCUT2D eigenvalue weighted by Gasteiger charge is -2.29. The summed E-state index contributed by atoms with van der Waals surface area (Å²) in [6.45, 7) is 0.386. The van der Waals surface area contributed by atoms with E-state index in [1.165, 1.54) is 4.90 Å². The van der Waals surface area contributed by atoms with Gasteiger partial charge in [-0.25, -0.2) is 9.79 Å². The first-order valence-corrected chi connectivity index (χ1v) is 12.7. The highest BCUT2D eigenvalue weighted by Crippen LogP contribution is 2.31. The molecule has 1 unspecified atom stereocenters. The molecule has 196 valence electrons. The van der Waals surface area contributed by atoms with Gasteiger partial charge in [-0.2, -0.15) is 0 Å². The smallest absolute Gasteiger partial charge is 0.411 e. The highest BCUT2D eigenvalue weighted by Gasteiger charge is 2.36. The van der Waals surface area contributed by atoms with Crippen molar-refractivity contribution >= 4 is 23.4 Å². The second-order valence-electron chi connectivity index (χ2n) is 9.16. The molecule has 0 aliphatic carbocycles. The average Bonchev–Trinajstić information content (AvgIpc) is 3.11. The number of hydrogen-bond acceptors (Lipinski definition) is 5. The molecule has 1 heterocycles. The van der Waals surface area contributed by atoms with Crippen molar-refractivity contribution in [1.29, 1.82) is 0 Å². The molecule has 1 aliphatic heterocycles. The van der Waals surface area contributed by atoms with Gasteiger partial charge in [0.1, 0.15) is 12.4 Å². The molecular formula is C32H29N3O4. The van der Waals surface area contributed by atoms with Crippen molar-refractivity contribution < 1.29 is 19.1 Å². The lowest BCUT2D eigenvalue weighted by atomic mass is 10.00. The summed E-state index contributed by atoms with van der Waals surface area (Å²) < 4.78 is 10.9. The molecule has 0 saturated carbocycles. The van der Waals surface area contributed by atoms with Crippen molar-refractivity contribution in [2.24, 2.45) is 4.99 Å². The Morgan fingerprint density at radius 1 is 0.846 bits per heavy atom. The molecule has 7 heteroatoms. The van der Waals surface area contributed by atoms with Gasteiger partial charge in [0.25, 0.3) is 5.91 Å². The summed E-state index contributed by atoms with van der Waals surface area (Å²) in [6.07, 6.45) is -1.77. The molecule has 5 rings (SSSR count). The van der Waals surface area contributed by atoms with E-state index in [-0.39, 0.29) is 12.5 Å². The van der Waals surface area contributed by atoms with Crippen LogP contribution in [-0.4, -0.2) is 42.9 Å². The molecule has 39 heavy (non-hydrogen) atoms. The monoisotopic (exact) mass is 519 g/mol. The van der Waals surface area contributed by atoms with Crippen molar-refractivity contribution in [2.75, 3.05) is 19.1 Å². The van der Waals surface area contributed by atoms with Crippen LogP contribution in [0.4, 0.5) is 10.5 Å². The fraction of sp³-hybridized carbons (Fsp3) is 0.156. The summed E-state index contributed by atoms with van der Waals surface area (Å²) in [5, 5.41) is 0. The molecule has 4 aromatic rings. The van der Waals surface area contributed by atoms with E-state index in [1.807, 2.05) is 109 Å². The zero-order valence-electron chi connectivity index (χ0n) is 21.9. The molecule has 0 radical (unpaired) electrons. The Bertz CT molecular complexity index is 1470. The number of ether oxygens (including phenoxy) is 2. The minimum atomic E-state index is -1.13. The summed E-state index contributed by atoms with van der Waals surface area (Å²) >= 11 is 0. The summed E-state index contributed by atoms with van der Waals surface area (Å²) in [4.78, 5) is 35.2. The minimum absolute atomic E-state index is 0.0932. The number of nitrogens with zero attached hydrogens (tertiary/aromatic N) is 3. The number of amides is 2. The summed E-state index contributed by atoms with van der Waals surface area (Å²) in [7, 11) is 3.16. The number of methoxy groups -OCH3 is 1. The maximum Gasteiger partial charge on any atom is 0.411 e. The highest BCUT2D eigenvalue weighted by atomic mass is 16.6. The molecular weight excluding hydrogens is 490 g/mol. The molecule has 0 aromatic heterocycles. The molecule has 0 N–H and O–H groups in total. The van der Waals surface area contributed by atoms with E-state index in [0.29, 0.717) is 12.3 Å².